The van der Waals surface area contributed by atoms with Crippen molar-refractivity contribution in [2.45, 2.75) is 38.5 Å². The molecule has 0 aliphatic rings. The molecule has 1 N–H and O–H groups in total. The van der Waals surface area contributed by atoms with E-state index in [1.165, 1.54) is 5.56 Å². The molecule has 0 fully saturated rings. The molecule has 0 unspecified atom stereocenters. The Morgan fingerprint density at radius 3 is 2.40 bits per heavy atom. The van der Waals surface area contributed by atoms with Gasteiger partial charge in [0.25, 0.3) is 0 Å². The Hall–Kier alpha value is -1.31. The maximum Gasteiger partial charge on any atom is 0.303 e. The minimum absolute atomic E-state index is 0.0142. The van der Waals surface area contributed by atoms with Crippen molar-refractivity contribution in [3.63, 3.8) is 0 Å². The zero-order valence-electron chi connectivity index (χ0n) is 9.36. The van der Waals surface area contributed by atoms with Crippen LogP contribution in [0.5, 0.6) is 0 Å². The second kappa shape index (κ2) is 4.96. The normalized spacial score (nSPS) is 14.5. The molecule has 1 aromatic carbocycles. The smallest absolute Gasteiger partial charge is 0.303 e. The van der Waals surface area contributed by atoms with Crippen LogP contribution >= 0.6 is 0 Å². The number of carbonyl (C=O) groups is 1. The van der Waals surface area contributed by atoms with E-state index in [1.807, 2.05) is 18.2 Å². The van der Waals surface area contributed by atoms with E-state index in [4.69, 9.17) is 5.11 Å². The highest BCUT2D eigenvalue weighted by Crippen LogP contribution is 2.32. The fraction of sp³-hybridized carbons (Fsp3) is 0.462. The van der Waals surface area contributed by atoms with Crippen LogP contribution in [-0.2, 0) is 10.2 Å². The van der Waals surface area contributed by atoms with Crippen molar-refractivity contribution in [2.24, 2.45) is 0 Å². The Bertz CT molecular complexity index is 319. The molecule has 1 aromatic rings. The molecule has 0 aromatic heterocycles. The van der Waals surface area contributed by atoms with Crippen LogP contribution in [-0.4, -0.2) is 11.1 Å². The highest BCUT2D eigenvalue weighted by molar-refractivity contribution is 5.66. The first-order chi connectivity index (χ1) is 7.08. The molecule has 1 rings (SSSR count). The summed E-state index contributed by atoms with van der Waals surface area (Å²) in [6, 6.07) is 10.1. The number of hydrogen-bond acceptors (Lipinski definition) is 1. The van der Waals surface area contributed by atoms with Gasteiger partial charge in [-0.25, -0.2) is 0 Å². The Morgan fingerprint density at radius 1 is 1.33 bits per heavy atom. The van der Waals surface area contributed by atoms with Gasteiger partial charge in [0.2, 0.25) is 0 Å². The molecular formula is C13H18O2. The van der Waals surface area contributed by atoms with Crippen molar-refractivity contribution >= 4 is 5.97 Å². The third-order valence-corrected chi connectivity index (χ3v) is 3.14. The first-order valence-corrected chi connectivity index (χ1v) is 5.36. The molecule has 0 spiro atoms. The number of hydrogen-bond donors (Lipinski definition) is 1. The van der Waals surface area contributed by atoms with Crippen molar-refractivity contribution in [2.75, 3.05) is 0 Å². The summed E-state index contributed by atoms with van der Waals surface area (Å²) in [6.45, 7) is 4.24. The van der Waals surface area contributed by atoms with Gasteiger partial charge < -0.3 is 5.11 Å². The lowest BCUT2D eigenvalue weighted by molar-refractivity contribution is -0.137. The van der Waals surface area contributed by atoms with Crippen LogP contribution in [0.1, 0.15) is 38.7 Å². The Balaban J connectivity index is 2.80. The monoisotopic (exact) mass is 206 g/mol. The minimum atomic E-state index is -0.717. The van der Waals surface area contributed by atoms with Gasteiger partial charge in [-0.05, 0) is 23.8 Å². The number of rotatable bonds is 5. The first kappa shape index (κ1) is 11.8. The molecule has 0 bridgehead atoms. The van der Waals surface area contributed by atoms with Gasteiger partial charge in [0, 0.05) is 6.42 Å². The maximum atomic E-state index is 10.6. The Morgan fingerprint density at radius 2 is 1.93 bits per heavy atom. The molecule has 2 heteroatoms. The number of aliphatic carboxylic acids is 1. The molecule has 0 heterocycles. The number of benzene rings is 1. The number of carboxylic acid groups (broad SMARTS) is 1. The van der Waals surface area contributed by atoms with E-state index in [-0.39, 0.29) is 11.8 Å². The Kier molecular flexibility index (Phi) is 3.89. The summed E-state index contributed by atoms with van der Waals surface area (Å²) in [5.74, 6) is -0.717. The van der Waals surface area contributed by atoms with E-state index in [0.29, 0.717) is 6.42 Å². The summed E-state index contributed by atoms with van der Waals surface area (Å²) in [6.07, 6.45) is 1.90. The van der Waals surface area contributed by atoms with Crippen LogP contribution in [0.2, 0.25) is 0 Å². The first-order valence-electron chi connectivity index (χ1n) is 5.36. The highest BCUT2D eigenvalue weighted by atomic mass is 16.4. The highest BCUT2D eigenvalue weighted by Gasteiger charge is 2.24. The maximum absolute atomic E-state index is 10.6. The van der Waals surface area contributed by atoms with E-state index in [9.17, 15) is 4.79 Å². The van der Waals surface area contributed by atoms with Crippen LogP contribution in [0.3, 0.4) is 0 Å². The summed E-state index contributed by atoms with van der Waals surface area (Å²) in [5.41, 5.74) is 1.22. The van der Waals surface area contributed by atoms with Crippen molar-refractivity contribution in [3.8, 4) is 0 Å². The van der Waals surface area contributed by atoms with Gasteiger partial charge in [0.1, 0.15) is 0 Å². The van der Waals surface area contributed by atoms with Crippen LogP contribution in [0.25, 0.3) is 0 Å². The summed E-state index contributed by atoms with van der Waals surface area (Å²) in [5, 5.41) is 8.72. The van der Waals surface area contributed by atoms with Crippen LogP contribution < -0.4 is 0 Å². The zero-order valence-corrected chi connectivity index (χ0v) is 9.36. The quantitative estimate of drug-likeness (QED) is 0.803. The molecule has 2 nitrogen and oxygen atoms in total. The van der Waals surface area contributed by atoms with Crippen molar-refractivity contribution in [3.05, 3.63) is 35.9 Å². The molecule has 0 aliphatic carbocycles. The van der Waals surface area contributed by atoms with Crippen LogP contribution in [0.4, 0.5) is 0 Å². The second-order valence-electron chi connectivity index (χ2n) is 4.17. The zero-order chi connectivity index (χ0) is 11.3. The SMILES string of the molecule is CC[C@](C)(CCC(=O)O)c1ccccc1. The fourth-order valence-corrected chi connectivity index (χ4v) is 1.75. The van der Waals surface area contributed by atoms with Crippen molar-refractivity contribution in [1.82, 2.24) is 0 Å². The molecule has 0 amide bonds. The van der Waals surface area contributed by atoms with Gasteiger partial charge in [-0.1, -0.05) is 44.2 Å². The largest absolute Gasteiger partial charge is 0.481 e. The van der Waals surface area contributed by atoms with Gasteiger partial charge in [-0.2, -0.15) is 0 Å². The third-order valence-electron chi connectivity index (χ3n) is 3.14. The van der Waals surface area contributed by atoms with Crippen LogP contribution in [0.15, 0.2) is 30.3 Å². The lowest BCUT2D eigenvalue weighted by atomic mass is 9.76. The van der Waals surface area contributed by atoms with E-state index in [2.05, 4.69) is 26.0 Å². The van der Waals surface area contributed by atoms with Crippen molar-refractivity contribution < 1.29 is 9.90 Å². The minimum Gasteiger partial charge on any atom is -0.481 e. The standard InChI is InChI=1S/C13H18O2/c1-3-13(2,10-9-12(14)15)11-7-5-4-6-8-11/h4-8H,3,9-10H2,1-2H3,(H,14,15)/t13-/m1/s1. The summed E-state index contributed by atoms with van der Waals surface area (Å²) >= 11 is 0. The summed E-state index contributed by atoms with van der Waals surface area (Å²) in [4.78, 5) is 10.6. The van der Waals surface area contributed by atoms with Crippen LogP contribution in [0, 0.1) is 0 Å². The molecule has 0 saturated heterocycles. The average molecular weight is 206 g/mol. The van der Waals surface area contributed by atoms with E-state index < -0.39 is 5.97 Å². The molecule has 0 aliphatic heterocycles. The summed E-state index contributed by atoms with van der Waals surface area (Å²) in [7, 11) is 0. The number of carboxylic acids is 1. The van der Waals surface area contributed by atoms with E-state index in [0.717, 1.165) is 6.42 Å². The third kappa shape index (κ3) is 3.08. The predicted octanol–water partition coefficient (Wildman–Crippen LogP) is 3.22. The fourth-order valence-electron chi connectivity index (χ4n) is 1.75. The predicted molar refractivity (Wildman–Crippen MR) is 61.0 cm³/mol. The second-order valence-corrected chi connectivity index (χ2v) is 4.17. The van der Waals surface area contributed by atoms with Gasteiger partial charge in [-0.3, -0.25) is 4.79 Å². The lowest BCUT2D eigenvalue weighted by Crippen LogP contribution is -2.22. The molecule has 15 heavy (non-hydrogen) atoms. The van der Waals surface area contributed by atoms with Gasteiger partial charge in [-0.15, -0.1) is 0 Å². The lowest BCUT2D eigenvalue weighted by Gasteiger charge is -2.28. The molecule has 0 radical (unpaired) electrons. The molecule has 1 atom stereocenters. The van der Waals surface area contributed by atoms with E-state index >= 15 is 0 Å². The topological polar surface area (TPSA) is 37.3 Å². The van der Waals surface area contributed by atoms with Gasteiger partial charge in [0.15, 0.2) is 0 Å². The Labute approximate surface area is 90.9 Å². The van der Waals surface area contributed by atoms with E-state index in [1.54, 1.807) is 0 Å². The molecule has 82 valence electrons. The average Bonchev–Trinajstić information content (AvgIpc) is 2.27. The van der Waals surface area contributed by atoms with Crippen molar-refractivity contribution in [1.29, 1.82) is 0 Å². The molecular weight excluding hydrogens is 188 g/mol. The van der Waals surface area contributed by atoms with Gasteiger partial charge >= 0.3 is 5.97 Å². The molecule has 0 saturated carbocycles. The summed E-state index contributed by atoms with van der Waals surface area (Å²) < 4.78 is 0. The van der Waals surface area contributed by atoms with Gasteiger partial charge in [0.05, 0.1) is 0 Å².